The number of hydrogen-bond donors (Lipinski definition) is 0. The van der Waals surface area contributed by atoms with Crippen LogP contribution in [-0.2, 0) is 18.9 Å². The van der Waals surface area contributed by atoms with E-state index in [2.05, 4.69) is 23.7 Å². The van der Waals surface area contributed by atoms with Crippen molar-refractivity contribution in [1.29, 1.82) is 0 Å². The molecule has 2 aromatic rings. The third kappa shape index (κ3) is 8.18. The van der Waals surface area contributed by atoms with E-state index in [1.165, 1.54) is 0 Å². The molecule has 1 heterocycles. The highest BCUT2D eigenvalue weighted by atomic mass is 16.6. The van der Waals surface area contributed by atoms with Gasteiger partial charge in [0, 0.05) is 0 Å². The summed E-state index contributed by atoms with van der Waals surface area (Å²) in [7, 11) is 0. The summed E-state index contributed by atoms with van der Waals surface area (Å²) in [6, 6.07) is 13.5. The highest BCUT2D eigenvalue weighted by Gasteiger charge is 2.14. The van der Waals surface area contributed by atoms with Crippen LogP contribution >= 0.6 is 0 Å². The molecule has 0 unspecified atom stereocenters. The summed E-state index contributed by atoms with van der Waals surface area (Å²) in [6.07, 6.45) is 0. The maximum atomic E-state index is 12.3. The summed E-state index contributed by atoms with van der Waals surface area (Å²) >= 11 is 0. The number of fused-ring (bicyclic) bond motifs is 2. The van der Waals surface area contributed by atoms with Gasteiger partial charge in [0.2, 0.25) is 0 Å². The van der Waals surface area contributed by atoms with E-state index in [1.807, 2.05) is 0 Å². The summed E-state index contributed by atoms with van der Waals surface area (Å²) < 4.78 is 32.6. The van der Waals surface area contributed by atoms with E-state index < -0.39 is 11.9 Å². The average Bonchev–Trinajstić information content (AvgIpc) is 2.86. The number of benzene rings is 2. The second-order valence-electron chi connectivity index (χ2n) is 6.67. The number of ether oxygens (including phenoxy) is 6. The van der Waals surface area contributed by atoms with Gasteiger partial charge in [-0.05, 0) is 47.9 Å². The fourth-order valence-corrected chi connectivity index (χ4v) is 2.78. The Kier molecular flexibility index (Phi) is 10.3. The van der Waals surface area contributed by atoms with Gasteiger partial charge in [-0.1, -0.05) is 24.3 Å². The standard InChI is InChI=1S/C26H24O8/c27-25-21-9-3-5-11-23(21)31-19-17-29-15-16-30-18-20-32-24-12-6-4-10-22(24)26(28)34-14-8-2-1-7-13-33-25/h3-6,9-12H,13-20H2. The van der Waals surface area contributed by atoms with E-state index in [-0.39, 0.29) is 26.4 Å². The van der Waals surface area contributed by atoms with Gasteiger partial charge in [0.25, 0.3) is 0 Å². The molecule has 0 N–H and O–H groups in total. The Morgan fingerprint density at radius 3 is 1.41 bits per heavy atom. The molecule has 34 heavy (non-hydrogen) atoms. The fourth-order valence-electron chi connectivity index (χ4n) is 2.78. The molecule has 0 aliphatic carbocycles. The van der Waals surface area contributed by atoms with Crippen LogP contribution in [0.3, 0.4) is 0 Å². The largest absolute Gasteiger partial charge is 0.490 e. The number of para-hydroxylation sites is 2. The van der Waals surface area contributed by atoms with Crippen LogP contribution in [0.1, 0.15) is 20.7 Å². The van der Waals surface area contributed by atoms with Gasteiger partial charge in [-0.2, -0.15) is 0 Å². The maximum absolute atomic E-state index is 12.3. The number of carbonyl (C=O) groups excluding carboxylic acids is 2. The van der Waals surface area contributed by atoms with E-state index in [4.69, 9.17) is 28.4 Å². The zero-order chi connectivity index (χ0) is 23.8. The zero-order valence-corrected chi connectivity index (χ0v) is 18.5. The Bertz CT molecular complexity index is 999. The van der Waals surface area contributed by atoms with E-state index in [0.717, 1.165) is 0 Å². The lowest BCUT2D eigenvalue weighted by Gasteiger charge is -2.12. The zero-order valence-electron chi connectivity index (χ0n) is 18.5. The molecule has 0 fully saturated rings. The molecule has 0 spiro atoms. The van der Waals surface area contributed by atoms with Crippen molar-refractivity contribution < 1.29 is 38.0 Å². The Hall–Kier alpha value is -3.98. The number of cyclic esters (lactones) is 2. The Balaban J connectivity index is 1.62. The minimum Gasteiger partial charge on any atom is -0.490 e. The first kappa shape index (κ1) is 24.7. The quantitative estimate of drug-likeness (QED) is 0.434. The van der Waals surface area contributed by atoms with Gasteiger partial charge in [0.15, 0.2) is 13.2 Å². The summed E-state index contributed by atoms with van der Waals surface area (Å²) in [5.74, 6) is 10.0. The first-order valence-corrected chi connectivity index (χ1v) is 10.6. The molecule has 0 atom stereocenters. The first-order chi connectivity index (χ1) is 16.8. The van der Waals surface area contributed by atoms with E-state index >= 15 is 0 Å². The van der Waals surface area contributed by atoms with Gasteiger partial charge in [0.05, 0.1) is 26.4 Å². The highest BCUT2D eigenvalue weighted by molar-refractivity contribution is 5.93. The summed E-state index contributed by atoms with van der Waals surface area (Å²) in [5.41, 5.74) is 0.584. The van der Waals surface area contributed by atoms with Gasteiger partial charge >= 0.3 is 11.9 Å². The molecule has 0 radical (unpaired) electrons. The topological polar surface area (TPSA) is 89.5 Å². The van der Waals surface area contributed by atoms with Crippen molar-refractivity contribution in [1.82, 2.24) is 0 Å². The molecule has 1 aliphatic heterocycles. The lowest BCUT2D eigenvalue weighted by Crippen LogP contribution is -2.15. The molecule has 8 heteroatoms. The van der Waals surface area contributed by atoms with Crippen molar-refractivity contribution >= 4 is 11.9 Å². The molecule has 0 saturated heterocycles. The summed E-state index contributed by atoms with van der Waals surface area (Å²) in [6.45, 7) is 1.62. The number of rotatable bonds is 0. The van der Waals surface area contributed by atoms with E-state index in [1.54, 1.807) is 48.5 Å². The smallest absolute Gasteiger partial charge is 0.342 e. The van der Waals surface area contributed by atoms with Crippen LogP contribution in [0.15, 0.2) is 48.5 Å². The van der Waals surface area contributed by atoms with E-state index in [9.17, 15) is 9.59 Å². The van der Waals surface area contributed by atoms with Crippen molar-refractivity contribution in [2.45, 2.75) is 0 Å². The SMILES string of the molecule is O=C1OCC#CC#CCOC(=O)c2ccccc2OCCOCCOCCOc2ccccc21. The molecule has 2 aromatic carbocycles. The minimum absolute atomic E-state index is 0.143. The maximum Gasteiger partial charge on any atom is 0.342 e. The molecular formula is C26H24O8. The number of carbonyl (C=O) groups is 2. The fraction of sp³-hybridized carbons (Fsp3) is 0.308. The van der Waals surface area contributed by atoms with Gasteiger partial charge in [-0.3, -0.25) is 0 Å². The lowest BCUT2D eigenvalue weighted by atomic mass is 10.2. The number of hydrogen-bond acceptors (Lipinski definition) is 8. The van der Waals surface area contributed by atoms with Gasteiger partial charge < -0.3 is 28.4 Å². The number of esters is 2. The first-order valence-electron chi connectivity index (χ1n) is 10.6. The summed E-state index contributed by atoms with van der Waals surface area (Å²) in [4.78, 5) is 24.7. The van der Waals surface area contributed by atoms with Gasteiger partial charge in [-0.15, -0.1) is 0 Å². The van der Waals surface area contributed by atoms with Crippen LogP contribution in [0.5, 0.6) is 11.5 Å². The van der Waals surface area contributed by atoms with Gasteiger partial charge in [-0.25, -0.2) is 9.59 Å². The minimum atomic E-state index is -0.559. The van der Waals surface area contributed by atoms with Gasteiger partial charge in [0.1, 0.15) is 35.8 Å². The molecule has 1 aliphatic rings. The molecule has 0 bridgehead atoms. The monoisotopic (exact) mass is 464 g/mol. The molecule has 0 amide bonds. The predicted octanol–water partition coefficient (Wildman–Crippen LogP) is 2.51. The third-order valence-corrected chi connectivity index (χ3v) is 4.35. The molecule has 176 valence electrons. The molecule has 0 aromatic heterocycles. The second-order valence-corrected chi connectivity index (χ2v) is 6.67. The normalized spacial score (nSPS) is 16.1. The lowest BCUT2D eigenvalue weighted by molar-refractivity contribution is 0.0267. The van der Waals surface area contributed by atoms with Crippen LogP contribution < -0.4 is 9.47 Å². The Morgan fingerprint density at radius 1 is 0.529 bits per heavy atom. The molecule has 0 saturated carbocycles. The molecule has 8 nitrogen and oxygen atoms in total. The van der Waals surface area contributed by atoms with Crippen molar-refractivity contribution in [3.05, 3.63) is 59.7 Å². The third-order valence-electron chi connectivity index (χ3n) is 4.35. The molecular weight excluding hydrogens is 440 g/mol. The van der Waals surface area contributed by atoms with Crippen molar-refractivity contribution in [2.24, 2.45) is 0 Å². The Labute approximate surface area is 198 Å². The van der Waals surface area contributed by atoms with Crippen molar-refractivity contribution in [3.63, 3.8) is 0 Å². The van der Waals surface area contributed by atoms with Crippen molar-refractivity contribution in [3.8, 4) is 35.2 Å². The van der Waals surface area contributed by atoms with Crippen LogP contribution in [-0.4, -0.2) is 64.8 Å². The Morgan fingerprint density at radius 2 is 0.941 bits per heavy atom. The van der Waals surface area contributed by atoms with Crippen LogP contribution in [0.25, 0.3) is 0 Å². The predicted molar refractivity (Wildman–Crippen MR) is 122 cm³/mol. The van der Waals surface area contributed by atoms with Crippen LogP contribution in [0, 0.1) is 23.7 Å². The van der Waals surface area contributed by atoms with Crippen LogP contribution in [0.2, 0.25) is 0 Å². The molecule has 3 rings (SSSR count). The summed E-state index contributed by atoms with van der Waals surface area (Å²) in [5, 5.41) is 0. The van der Waals surface area contributed by atoms with Crippen LogP contribution in [0.4, 0.5) is 0 Å². The van der Waals surface area contributed by atoms with Crippen molar-refractivity contribution in [2.75, 3.05) is 52.9 Å². The average molecular weight is 464 g/mol. The second kappa shape index (κ2) is 14.2. The van der Waals surface area contributed by atoms with E-state index in [0.29, 0.717) is 49.1 Å². The highest BCUT2D eigenvalue weighted by Crippen LogP contribution is 2.20.